The maximum absolute atomic E-state index is 13.0. The molecule has 4 nitrogen and oxygen atoms in total. The van der Waals surface area contributed by atoms with E-state index in [0.29, 0.717) is 13.0 Å². The van der Waals surface area contributed by atoms with Crippen molar-refractivity contribution >= 4 is 15.5 Å². The van der Waals surface area contributed by atoms with Gasteiger partial charge in [0.2, 0.25) is 0 Å². The molecule has 2 N–H and O–H groups in total. The molecular formula is C11H17FN2O2S. The van der Waals surface area contributed by atoms with E-state index in [1.807, 2.05) is 19.0 Å². The minimum absolute atomic E-state index is 0.0289. The molecule has 96 valence electrons. The molecule has 1 aromatic carbocycles. The van der Waals surface area contributed by atoms with Crippen molar-refractivity contribution < 1.29 is 12.8 Å². The molecule has 0 aliphatic heterocycles. The van der Waals surface area contributed by atoms with Crippen LogP contribution in [0.15, 0.2) is 23.1 Å². The minimum atomic E-state index is -3.50. The average Bonchev–Trinajstić information content (AvgIpc) is 2.20. The molecule has 0 bridgehead atoms. The second-order valence-corrected chi connectivity index (χ2v) is 6.24. The number of nitrogens with zero attached hydrogens (tertiary/aromatic N) is 1. The first kappa shape index (κ1) is 13.9. The fourth-order valence-corrected chi connectivity index (χ4v) is 2.91. The third-order valence-electron chi connectivity index (χ3n) is 2.33. The van der Waals surface area contributed by atoms with Crippen LogP contribution in [0.1, 0.15) is 6.42 Å². The van der Waals surface area contributed by atoms with Crippen molar-refractivity contribution in [3.8, 4) is 0 Å². The molecule has 0 aliphatic carbocycles. The summed E-state index contributed by atoms with van der Waals surface area (Å²) in [6.07, 6.45) is 0.491. The fraction of sp³-hybridized carbons (Fsp3) is 0.455. The predicted octanol–water partition coefficient (Wildman–Crippen LogP) is 1.13. The Hall–Kier alpha value is -1.14. The third kappa shape index (κ3) is 3.98. The van der Waals surface area contributed by atoms with E-state index < -0.39 is 15.7 Å². The molecule has 0 aliphatic rings. The summed E-state index contributed by atoms with van der Waals surface area (Å²) < 4.78 is 36.8. The van der Waals surface area contributed by atoms with Crippen molar-refractivity contribution in [1.29, 1.82) is 0 Å². The van der Waals surface area contributed by atoms with Crippen LogP contribution in [0, 0.1) is 5.82 Å². The monoisotopic (exact) mass is 260 g/mol. The fourth-order valence-electron chi connectivity index (χ4n) is 1.46. The van der Waals surface area contributed by atoms with E-state index in [-0.39, 0.29) is 16.3 Å². The molecule has 17 heavy (non-hydrogen) atoms. The van der Waals surface area contributed by atoms with Gasteiger partial charge in [0.15, 0.2) is 9.84 Å². The van der Waals surface area contributed by atoms with Gasteiger partial charge in [-0.2, -0.15) is 0 Å². The Labute approximate surface area is 101 Å². The zero-order valence-electron chi connectivity index (χ0n) is 9.98. The van der Waals surface area contributed by atoms with Crippen LogP contribution < -0.4 is 5.73 Å². The molecule has 0 atom stereocenters. The predicted molar refractivity (Wildman–Crippen MR) is 66.0 cm³/mol. The number of anilines is 1. The molecule has 0 saturated carbocycles. The molecule has 0 spiro atoms. The largest absolute Gasteiger partial charge is 0.398 e. The Morgan fingerprint density at radius 3 is 2.59 bits per heavy atom. The molecule has 0 radical (unpaired) electrons. The van der Waals surface area contributed by atoms with Crippen LogP contribution in [-0.4, -0.2) is 39.7 Å². The number of sulfone groups is 1. The number of halogens is 1. The number of nitrogen functional groups attached to an aromatic ring is 1. The smallest absolute Gasteiger partial charge is 0.180 e. The van der Waals surface area contributed by atoms with Gasteiger partial charge in [-0.15, -0.1) is 0 Å². The number of benzene rings is 1. The van der Waals surface area contributed by atoms with Crippen LogP contribution in [0.25, 0.3) is 0 Å². The van der Waals surface area contributed by atoms with Crippen molar-refractivity contribution in [3.05, 3.63) is 24.0 Å². The van der Waals surface area contributed by atoms with Crippen LogP contribution in [0.5, 0.6) is 0 Å². The minimum Gasteiger partial charge on any atom is -0.398 e. The highest BCUT2D eigenvalue weighted by Gasteiger charge is 2.18. The van der Waals surface area contributed by atoms with Gasteiger partial charge in [-0.05, 0) is 45.3 Å². The lowest BCUT2D eigenvalue weighted by Crippen LogP contribution is -2.18. The van der Waals surface area contributed by atoms with Gasteiger partial charge in [0.05, 0.1) is 16.3 Å². The van der Waals surface area contributed by atoms with E-state index in [0.717, 1.165) is 12.1 Å². The van der Waals surface area contributed by atoms with Gasteiger partial charge in [-0.1, -0.05) is 0 Å². The van der Waals surface area contributed by atoms with Crippen molar-refractivity contribution in [1.82, 2.24) is 4.90 Å². The highest BCUT2D eigenvalue weighted by Crippen LogP contribution is 2.21. The van der Waals surface area contributed by atoms with Crippen molar-refractivity contribution in [2.75, 3.05) is 32.1 Å². The zero-order valence-corrected chi connectivity index (χ0v) is 10.8. The second-order valence-electron chi connectivity index (χ2n) is 4.16. The van der Waals surface area contributed by atoms with E-state index in [2.05, 4.69) is 0 Å². The summed E-state index contributed by atoms with van der Waals surface area (Å²) in [5.41, 5.74) is 5.64. The van der Waals surface area contributed by atoms with Gasteiger partial charge in [0.1, 0.15) is 5.82 Å². The molecule has 0 heterocycles. The van der Waals surface area contributed by atoms with E-state index in [4.69, 9.17) is 5.73 Å². The lowest BCUT2D eigenvalue weighted by Gasteiger charge is -2.10. The van der Waals surface area contributed by atoms with E-state index in [9.17, 15) is 12.8 Å². The first-order chi connectivity index (χ1) is 7.83. The van der Waals surface area contributed by atoms with Gasteiger partial charge in [0.25, 0.3) is 0 Å². The SMILES string of the molecule is CN(C)CCCS(=O)(=O)c1cc(F)ccc1N. The van der Waals surface area contributed by atoms with Crippen LogP contribution in [0.2, 0.25) is 0 Å². The van der Waals surface area contributed by atoms with Gasteiger partial charge < -0.3 is 10.6 Å². The maximum atomic E-state index is 13.0. The quantitative estimate of drug-likeness (QED) is 0.806. The lowest BCUT2D eigenvalue weighted by atomic mass is 10.3. The number of nitrogens with two attached hydrogens (primary N) is 1. The van der Waals surface area contributed by atoms with Gasteiger partial charge in [0, 0.05) is 0 Å². The van der Waals surface area contributed by atoms with Crippen molar-refractivity contribution in [2.45, 2.75) is 11.3 Å². The first-order valence-electron chi connectivity index (χ1n) is 5.25. The van der Waals surface area contributed by atoms with Crippen LogP contribution in [0.3, 0.4) is 0 Å². The van der Waals surface area contributed by atoms with E-state index >= 15 is 0 Å². The number of rotatable bonds is 5. The molecular weight excluding hydrogens is 243 g/mol. The molecule has 1 rings (SSSR count). The topological polar surface area (TPSA) is 63.4 Å². The normalized spacial score (nSPS) is 12.0. The lowest BCUT2D eigenvalue weighted by molar-refractivity contribution is 0.408. The molecule has 0 amide bonds. The Morgan fingerprint density at radius 2 is 2.00 bits per heavy atom. The molecule has 0 unspecified atom stereocenters. The van der Waals surface area contributed by atoms with Crippen LogP contribution in [0.4, 0.5) is 10.1 Å². The summed E-state index contributed by atoms with van der Waals surface area (Å²) in [7, 11) is 0.228. The second kappa shape index (κ2) is 5.46. The van der Waals surface area contributed by atoms with Gasteiger partial charge >= 0.3 is 0 Å². The van der Waals surface area contributed by atoms with Crippen molar-refractivity contribution in [3.63, 3.8) is 0 Å². The molecule has 0 aromatic heterocycles. The molecule has 0 fully saturated rings. The summed E-state index contributed by atoms with van der Waals surface area (Å²) in [5.74, 6) is -0.621. The summed E-state index contributed by atoms with van der Waals surface area (Å²) in [5, 5.41) is 0. The summed E-state index contributed by atoms with van der Waals surface area (Å²) in [6, 6.07) is 3.39. The first-order valence-corrected chi connectivity index (χ1v) is 6.90. The summed E-state index contributed by atoms with van der Waals surface area (Å²) >= 11 is 0. The molecule has 0 saturated heterocycles. The summed E-state index contributed by atoms with van der Waals surface area (Å²) in [4.78, 5) is 1.78. The Morgan fingerprint density at radius 1 is 1.35 bits per heavy atom. The Kier molecular flexibility index (Phi) is 4.47. The van der Waals surface area contributed by atoms with Gasteiger partial charge in [-0.3, -0.25) is 0 Å². The highest BCUT2D eigenvalue weighted by molar-refractivity contribution is 7.91. The maximum Gasteiger partial charge on any atom is 0.180 e. The van der Waals surface area contributed by atoms with Crippen LogP contribution >= 0.6 is 0 Å². The number of hydrogen-bond acceptors (Lipinski definition) is 4. The Balaban J connectivity index is 2.86. The highest BCUT2D eigenvalue weighted by atomic mass is 32.2. The summed E-state index contributed by atoms with van der Waals surface area (Å²) in [6.45, 7) is 0.661. The van der Waals surface area contributed by atoms with E-state index in [1.54, 1.807) is 0 Å². The average molecular weight is 260 g/mol. The van der Waals surface area contributed by atoms with Crippen molar-refractivity contribution in [2.24, 2.45) is 0 Å². The molecule has 1 aromatic rings. The number of hydrogen-bond donors (Lipinski definition) is 1. The third-order valence-corrected chi connectivity index (χ3v) is 4.18. The zero-order chi connectivity index (χ0) is 13.1. The van der Waals surface area contributed by atoms with E-state index in [1.165, 1.54) is 6.07 Å². The van der Waals surface area contributed by atoms with Gasteiger partial charge in [-0.25, -0.2) is 12.8 Å². The van der Waals surface area contributed by atoms with Crippen LogP contribution in [-0.2, 0) is 9.84 Å². The Bertz CT molecular complexity index is 486. The molecule has 6 heteroatoms. The standard InChI is InChI=1S/C11H17FN2O2S/c1-14(2)6-3-7-17(15,16)11-8-9(12)4-5-10(11)13/h4-5,8H,3,6-7,13H2,1-2H3.